The standard InChI is InChI=1S/C13H15FN4O/c14-5-9(6-15)8-18-12-3-4-17(10-1-2-10)13(19)11(12)7-16-18/h3-5,7,10H,1-2,6,8,15H2. The van der Waals surface area contributed by atoms with E-state index in [1.165, 1.54) is 0 Å². The van der Waals surface area contributed by atoms with Gasteiger partial charge in [-0.25, -0.2) is 4.39 Å². The molecule has 1 aliphatic rings. The Hall–Kier alpha value is -1.95. The van der Waals surface area contributed by atoms with Gasteiger partial charge in [0, 0.05) is 18.8 Å². The molecule has 0 radical (unpaired) electrons. The van der Waals surface area contributed by atoms with Gasteiger partial charge in [-0.2, -0.15) is 5.10 Å². The lowest BCUT2D eigenvalue weighted by Crippen LogP contribution is -2.18. The van der Waals surface area contributed by atoms with Gasteiger partial charge in [-0.1, -0.05) is 0 Å². The maximum atomic E-state index is 12.6. The fourth-order valence-corrected chi connectivity index (χ4v) is 2.20. The number of nitrogens with two attached hydrogens (primary N) is 1. The number of hydrogen-bond donors (Lipinski definition) is 1. The van der Waals surface area contributed by atoms with E-state index >= 15 is 0 Å². The van der Waals surface area contributed by atoms with Gasteiger partial charge < -0.3 is 10.3 Å². The highest BCUT2D eigenvalue weighted by Gasteiger charge is 2.25. The summed E-state index contributed by atoms with van der Waals surface area (Å²) in [5.41, 5.74) is 6.57. The molecule has 6 heteroatoms. The Kier molecular flexibility index (Phi) is 2.94. The van der Waals surface area contributed by atoms with Crippen LogP contribution in [0.4, 0.5) is 4.39 Å². The molecule has 2 N–H and O–H groups in total. The van der Waals surface area contributed by atoms with Crippen molar-refractivity contribution < 1.29 is 4.39 Å². The van der Waals surface area contributed by atoms with E-state index in [1.807, 2.05) is 6.07 Å². The molecule has 1 fully saturated rings. The summed E-state index contributed by atoms with van der Waals surface area (Å²) in [6, 6.07) is 2.19. The van der Waals surface area contributed by atoms with E-state index in [9.17, 15) is 9.18 Å². The quantitative estimate of drug-likeness (QED) is 0.904. The van der Waals surface area contributed by atoms with Crippen molar-refractivity contribution in [2.75, 3.05) is 6.54 Å². The molecule has 0 amide bonds. The first-order valence-electron chi connectivity index (χ1n) is 6.29. The third-order valence-electron chi connectivity index (χ3n) is 3.45. The first kappa shape index (κ1) is 12.1. The maximum Gasteiger partial charge on any atom is 0.261 e. The molecule has 0 aromatic carbocycles. The molecule has 2 heterocycles. The van der Waals surface area contributed by atoms with Crippen molar-refractivity contribution in [3.63, 3.8) is 0 Å². The van der Waals surface area contributed by atoms with Crippen molar-refractivity contribution >= 4 is 10.9 Å². The Balaban J connectivity index is 2.04. The molecule has 5 nitrogen and oxygen atoms in total. The number of aromatic nitrogens is 3. The lowest BCUT2D eigenvalue weighted by molar-refractivity contribution is 0.645. The minimum atomic E-state index is -0.0234. The van der Waals surface area contributed by atoms with Crippen LogP contribution in [0.15, 0.2) is 35.2 Å². The van der Waals surface area contributed by atoms with Crippen molar-refractivity contribution in [3.8, 4) is 0 Å². The van der Waals surface area contributed by atoms with Crippen LogP contribution in [0.2, 0.25) is 0 Å². The smallest absolute Gasteiger partial charge is 0.261 e. The van der Waals surface area contributed by atoms with Crippen molar-refractivity contribution in [1.82, 2.24) is 14.3 Å². The average molecular weight is 262 g/mol. The second-order valence-corrected chi connectivity index (χ2v) is 4.83. The lowest BCUT2D eigenvalue weighted by Gasteiger charge is -2.06. The van der Waals surface area contributed by atoms with Gasteiger partial charge in [0.05, 0.1) is 30.0 Å². The number of halogens is 1. The third kappa shape index (κ3) is 2.08. The summed E-state index contributed by atoms with van der Waals surface area (Å²) in [6.07, 6.45) is 5.95. The first-order valence-corrected chi connectivity index (χ1v) is 6.29. The largest absolute Gasteiger partial charge is 0.327 e. The summed E-state index contributed by atoms with van der Waals surface area (Å²) in [6.45, 7) is 0.403. The highest BCUT2D eigenvalue weighted by atomic mass is 19.1. The minimum absolute atomic E-state index is 0.0234. The zero-order chi connectivity index (χ0) is 13.4. The molecule has 2 aromatic rings. The second-order valence-electron chi connectivity index (χ2n) is 4.83. The van der Waals surface area contributed by atoms with Crippen LogP contribution in [0.5, 0.6) is 0 Å². The van der Waals surface area contributed by atoms with Crippen LogP contribution in [-0.4, -0.2) is 20.9 Å². The van der Waals surface area contributed by atoms with Gasteiger partial charge in [0.2, 0.25) is 0 Å². The molecule has 0 atom stereocenters. The summed E-state index contributed by atoms with van der Waals surface area (Å²) in [4.78, 5) is 12.2. The van der Waals surface area contributed by atoms with Crippen molar-refractivity contribution in [2.45, 2.75) is 25.4 Å². The van der Waals surface area contributed by atoms with E-state index in [2.05, 4.69) is 5.10 Å². The van der Waals surface area contributed by atoms with Crippen molar-refractivity contribution in [3.05, 3.63) is 40.7 Å². The number of fused-ring (bicyclic) bond motifs is 1. The number of rotatable bonds is 4. The first-order chi connectivity index (χ1) is 9.24. The summed E-state index contributed by atoms with van der Waals surface area (Å²) in [5, 5.41) is 4.73. The Morgan fingerprint density at radius 2 is 2.37 bits per heavy atom. The lowest BCUT2D eigenvalue weighted by atomic mass is 10.3. The predicted molar refractivity (Wildman–Crippen MR) is 70.5 cm³/mol. The topological polar surface area (TPSA) is 65.8 Å². The van der Waals surface area contributed by atoms with Crippen LogP contribution < -0.4 is 11.3 Å². The van der Waals surface area contributed by atoms with E-state index in [0.717, 1.165) is 18.4 Å². The Labute approximate surface area is 109 Å². The van der Waals surface area contributed by atoms with Gasteiger partial charge in [0.15, 0.2) is 0 Å². The fourth-order valence-electron chi connectivity index (χ4n) is 2.20. The second kappa shape index (κ2) is 4.62. The SMILES string of the molecule is NCC(=CF)Cn1ncc2c(=O)n(C3CC3)ccc21. The minimum Gasteiger partial charge on any atom is -0.327 e. The van der Waals surface area contributed by atoms with Gasteiger partial charge in [-0.05, 0) is 24.5 Å². The molecule has 1 aliphatic carbocycles. The molecule has 0 unspecified atom stereocenters. The summed E-state index contributed by atoms with van der Waals surface area (Å²) in [7, 11) is 0. The molecule has 0 bridgehead atoms. The van der Waals surface area contributed by atoms with Gasteiger partial charge in [-0.15, -0.1) is 0 Å². The van der Waals surface area contributed by atoms with Crippen LogP contribution in [0.3, 0.4) is 0 Å². The number of hydrogen-bond acceptors (Lipinski definition) is 3. The Bertz CT molecular complexity index is 696. The van der Waals surface area contributed by atoms with E-state index < -0.39 is 0 Å². The van der Waals surface area contributed by atoms with E-state index in [1.54, 1.807) is 21.6 Å². The molecule has 2 aromatic heterocycles. The molecule has 0 aliphatic heterocycles. The Morgan fingerprint density at radius 3 is 3.00 bits per heavy atom. The highest BCUT2D eigenvalue weighted by molar-refractivity contribution is 5.77. The molecule has 19 heavy (non-hydrogen) atoms. The van der Waals surface area contributed by atoms with Crippen LogP contribution >= 0.6 is 0 Å². The predicted octanol–water partition coefficient (Wildman–Crippen LogP) is 1.34. The zero-order valence-corrected chi connectivity index (χ0v) is 10.4. The van der Waals surface area contributed by atoms with Crippen LogP contribution in [0.1, 0.15) is 18.9 Å². The van der Waals surface area contributed by atoms with Crippen LogP contribution in [0, 0.1) is 0 Å². The monoisotopic (exact) mass is 262 g/mol. The van der Waals surface area contributed by atoms with Gasteiger partial charge >= 0.3 is 0 Å². The van der Waals surface area contributed by atoms with Crippen LogP contribution in [0.25, 0.3) is 10.9 Å². The molecule has 0 saturated heterocycles. The zero-order valence-electron chi connectivity index (χ0n) is 10.4. The fraction of sp³-hybridized carbons (Fsp3) is 0.385. The summed E-state index contributed by atoms with van der Waals surface area (Å²) in [5.74, 6) is 0. The Morgan fingerprint density at radius 1 is 1.58 bits per heavy atom. The molecule has 1 saturated carbocycles. The van der Waals surface area contributed by atoms with E-state index in [-0.39, 0.29) is 18.6 Å². The number of pyridine rings is 1. The van der Waals surface area contributed by atoms with Gasteiger partial charge in [0.1, 0.15) is 0 Å². The van der Waals surface area contributed by atoms with Crippen molar-refractivity contribution in [1.29, 1.82) is 0 Å². The maximum absolute atomic E-state index is 12.6. The molecule has 100 valence electrons. The summed E-state index contributed by atoms with van der Waals surface area (Å²) >= 11 is 0. The highest BCUT2D eigenvalue weighted by Crippen LogP contribution is 2.33. The van der Waals surface area contributed by atoms with Gasteiger partial charge in [-0.3, -0.25) is 9.48 Å². The van der Waals surface area contributed by atoms with Crippen molar-refractivity contribution in [2.24, 2.45) is 5.73 Å². The molecule has 0 spiro atoms. The summed E-state index contributed by atoms with van der Waals surface area (Å²) < 4.78 is 15.9. The van der Waals surface area contributed by atoms with E-state index in [4.69, 9.17) is 5.73 Å². The molecular weight excluding hydrogens is 247 g/mol. The molecule has 3 rings (SSSR count). The van der Waals surface area contributed by atoms with Gasteiger partial charge in [0.25, 0.3) is 5.56 Å². The normalized spacial score (nSPS) is 16.2. The average Bonchev–Trinajstić information content (AvgIpc) is 3.18. The molecular formula is C13H15FN4O. The third-order valence-corrected chi connectivity index (χ3v) is 3.45. The number of nitrogens with zero attached hydrogens (tertiary/aromatic N) is 3. The van der Waals surface area contributed by atoms with E-state index in [0.29, 0.717) is 23.3 Å². The van der Waals surface area contributed by atoms with Crippen LogP contribution in [-0.2, 0) is 6.54 Å².